The van der Waals surface area contributed by atoms with E-state index in [1.165, 1.54) is 0 Å². The number of nitrogens with one attached hydrogen (secondary N) is 1. The molecule has 0 saturated carbocycles. The van der Waals surface area contributed by atoms with E-state index in [-0.39, 0.29) is 5.78 Å². The molecule has 0 radical (unpaired) electrons. The molecule has 134 valence electrons. The third kappa shape index (κ3) is 5.14. The van der Waals surface area contributed by atoms with Gasteiger partial charge in [-0.15, -0.1) is 0 Å². The largest absolute Gasteiger partial charge is 0.452 e. The Labute approximate surface area is 152 Å². The standard InChI is InChI=1S/C21H21NO4/c1-3-9-15(2)21(25)26-14-19(23)22-18-13-8-7-12-17(18)20(24)16-10-5-4-6-11-16/h4-13H,3,14H2,1-2H3,(H,22,23)/b15-9-. The number of anilines is 1. The van der Waals surface area contributed by atoms with Crippen molar-refractivity contribution in [3.05, 3.63) is 77.4 Å². The van der Waals surface area contributed by atoms with Crippen molar-refractivity contribution < 1.29 is 19.1 Å². The number of amides is 1. The van der Waals surface area contributed by atoms with Gasteiger partial charge in [-0.05, 0) is 25.5 Å². The van der Waals surface area contributed by atoms with Crippen LogP contribution < -0.4 is 5.32 Å². The van der Waals surface area contributed by atoms with Gasteiger partial charge in [0.1, 0.15) is 0 Å². The van der Waals surface area contributed by atoms with Crippen molar-refractivity contribution in [3.8, 4) is 0 Å². The minimum atomic E-state index is -0.532. The zero-order valence-electron chi connectivity index (χ0n) is 14.8. The molecular weight excluding hydrogens is 330 g/mol. The van der Waals surface area contributed by atoms with Gasteiger partial charge in [-0.25, -0.2) is 4.79 Å². The molecule has 2 aromatic rings. The first-order chi connectivity index (χ1) is 12.5. The first-order valence-corrected chi connectivity index (χ1v) is 8.35. The third-order valence-corrected chi connectivity index (χ3v) is 3.65. The van der Waals surface area contributed by atoms with E-state index in [4.69, 9.17) is 4.74 Å². The van der Waals surface area contributed by atoms with Crippen molar-refractivity contribution in [2.75, 3.05) is 11.9 Å². The molecule has 0 heterocycles. The van der Waals surface area contributed by atoms with Gasteiger partial charge in [-0.2, -0.15) is 0 Å². The predicted molar refractivity (Wildman–Crippen MR) is 100.0 cm³/mol. The lowest BCUT2D eigenvalue weighted by atomic mass is 10.0. The molecule has 0 unspecified atom stereocenters. The van der Waals surface area contributed by atoms with Crippen LogP contribution >= 0.6 is 0 Å². The Balaban J connectivity index is 2.06. The number of allylic oxidation sites excluding steroid dienone is 1. The van der Waals surface area contributed by atoms with Crippen LogP contribution in [0.4, 0.5) is 5.69 Å². The van der Waals surface area contributed by atoms with Crippen molar-refractivity contribution in [2.45, 2.75) is 20.3 Å². The minimum absolute atomic E-state index is 0.194. The Kier molecular flexibility index (Phi) is 6.85. The molecule has 5 nitrogen and oxygen atoms in total. The van der Waals surface area contributed by atoms with E-state index in [2.05, 4.69) is 5.32 Å². The summed E-state index contributed by atoms with van der Waals surface area (Å²) in [6.45, 7) is 3.13. The first kappa shape index (κ1) is 19.1. The van der Waals surface area contributed by atoms with Crippen LogP contribution in [-0.4, -0.2) is 24.3 Å². The number of carbonyl (C=O) groups is 3. The molecule has 0 fully saturated rings. The third-order valence-electron chi connectivity index (χ3n) is 3.65. The predicted octanol–water partition coefficient (Wildman–Crippen LogP) is 3.76. The van der Waals surface area contributed by atoms with Gasteiger partial charge in [0, 0.05) is 16.7 Å². The molecule has 0 atom stereocenters. The quantitative estimate of drug-likeness (QED) is 0.468. The molecule has 0 spiro atoms. The van der Waals surface area contributed by atoms with E-state index >= 15 is 0 Å². The van der Waals surface area contributed by atoms with Gasteiger partial charge < -0.3 is 10.1 Å². The summed E-state index contributed by atoms with van der Waals surface area (Å²) in [6.07, 6.45) is 2.44. The molecule has 2 aromatic carbocycles. The zero-order chi connectivity index (χ0) is 18.9. The van der Waals surface area contributed by atoms with Crippen LogP contribution in [0.3, 0.4) is 0 Å². The van der Waals surface area contributed by atoms with E-state index in [0.717, 1.165) is 0 Å². The summed E-state index contributed by atoms with van der Waals surface area (Å²) in [5, 5.41) is 2.63. The lowest BCUT2D eigenvalue weighted by Crippen LogP contribution is -2.22. The molecule has 2 rings (SSSR count). The maximum Gasteiger partial charge on any atom is 0.333 e. The van der Waals surface area contributed by atoms with E-state index in [1.807, 2.05) is 13.0 Å². The topological polar surface area (TPSA) is 72.5 Å². The van der Waals surface area contributed by atoms with Crippen LogP contribution in [0.15, 0.2) is 66.2 Å². The number of rotatable bonds is 7. The second-order valence-electron chi connectivity index (χ2n) is 5.66. The highest BCUT2D eigenvalue weighted by atomic mass is 16.5. The number of esters is 1. The van der Waals surface area contributed by atoms with Crippen molar-refractivity contribution in [2.24, 2.45) is 0 Å². The average molecular weight is 351 g/mol. The van der Waals surface area contributed by atoms with E-state index in [9.17, 15) is 14.4 Å². The van der Waals surface area contributed by atoms with Crippen LogP contribution in [-0.2, 0) is 14.3 Å². The SMILES string of the molecule is CC/C=C(/C)C(=O)OCC(=O)Nc1ccccc1C(=O)c1ccccc1. The lowest BCUT2D eigenvalue weighted by molar-refractivity contribution is -0.143. The van der Waals surface area contributed by atoms with Gasteiger partial charge in [0.2, 0.25) is 0 Å². The number of benzene rings is 2. The number of para-hydroxylation sites is 1. The number of ketones is 1. The van der Waals surface area contributed by atoms with Crippen LogP contribution in [0.2, 0.25) is 0 Å². The van der Waals surface area contributed by atoms with Crippen molar-refractivity contribution in [1.29, 1.82) is 0 Å². The van der Waals surface area contributed by atoms with Crippen molar-refractivity contribution >= 4 is 23.3 Å². The Morgan fingerprint density at radius 2 is 1.65 bits per heavy atom. The fourth-order valence-electron chi connectivity index (χ4n) is 2.36. The molecule has 5 heteroatoms. The minimum Gasteiger partial charge on any atom is -0.452 e. The van der Waals surface area contributed by atoms with Crippen LogP contribution in [0.1, 0.15) is 36.2 Å². The van der Waals surface area contributed by atoms with Gasteiger partial charge in [0.05, 0.1) is 5.69 Å². The first-order valence-electron chi connectivity index (χ1n) is 8.35. The molecular formula is C21H21NO4. The number of ether oxygens (including phenoxy) is 1. The second-order valence-corrected chi connectivity index (χ2v) is 5.66. The molecule has 0 saturated heterocycles. The Morgan fingerprint density at radius 3 is 2.35 bits per heavy atom. The molecule has 0 aliphatic rings. The van der Waals surface area contributed by atoms with Gasteiger partial charge in [0.15, 0.2) is 12.4 Å². The van der Waals surface area contributed by atoms with Crippen molar-refractivity contribution in [1.82, 2.24) is 0 Å². The average Bonchev–Trinajstić information content (AvgIpc) is 2.67. The van der Waals surface area contributed by atoms with E-state index in [1.54, 1.807) is 61.5 Å². The van der Waals surface area contributed by atoms with Gasteiger partial charge in [0.25, 0.3) is 5.91 Å². The molecule has 1 N–H and O–H groups in total. The second kappa shape index (κ2) is 9.32. The van der Waals surface area contributed by atoms with E-state index in [0.29, 0.717) is 28.8 Å². The van der Waals surface area contributed by atoms with Crippen LogP contribution in [0.25, 0.3) is 0 Å². The van der Waals surface area contributed by atoms with Gasteiger partial charge in [-0.3, -0.25) is 9.59 Å². The molecule has 1 amide bonds. The monoisotopic (exact) mass is 351 g/mol. The van der Waals surface area contributed by atoms with Crippen LogP contribution in [0.5, 0.6) is 0 Å². The molecule has 26 heavy (non-hydrogen) atoms. The number of hydrogen-bond acceptors (Lipinski definition) is 4. The molecule has 0 aromatic heterocycles. The maximum atomic E-state index is 12.6. The zero-order valence-corrected chi connectivity index (χ0v) is 14.8. The summed E-state index contributed by atoms with van der Waals surface area (Å²) in [5.41, 5.74) is 1.74. The summed E-state index contributed by atoms with van der Waals surface area (Å²) < 4.78 is 4.97. The maximum absolute atomic E-state index is 12.6. The van der Waals surface area contributed by atoms with Gasteiger partial charge >= 0.3 is 5.97 Å². The highest BCUT2D eigenvalue weighted by Gasteiger charge is 2.15. The fraction of sp³-hybridized carbons (Fsp3) is 0.190. The summed E-state index contributed by atoms with van der Waals surface area (Å²) in [5.74, 6) is -1.23. The summed E-state index contributed by atoms with van der Waals surface area (Å²) in [4.78, 5) is 36.4. The van der Waals surface area contributed by atoms with Crippen molar-refractivity contribution in [3.63, 3.8) is 0 Å². The summed E-state index contributed by atoms with van der Waals surface area (Å²) in [7, 11) is 0. The highest BCUT2D eigenvalue weighted by molar-refractivity contribution is 6.13. The lowest BCUT2D eigenvalue weighted by Gasteiger charge is -2.11. The van der Waals surface area contributed by atoms with Crippen LogP contribution in [0, 0.1) is 0 Å². The number of carbonyl (C=O) groups excluding carboxylic acids is 3. The molecule has 0 aliphatic heterocycles. The Bertz CT molecular complexity index is 825. The summed E-state index contributed by atoms with van der Waals surface area (Å²) in [6, 6.07) is 15.5. The van der Waals surface area contributed by atoms with Gasteiger partial charge in [-0.1, -0.05) is 55.5 Å². The number of hydrogen-bond donors (Lipinski definition) is 1. The Morgan fingerprint density at radius 1 is 1.00 bits per heavy atom. The van der Waals surface area contributed by atoms with E-state index < -0.39 is 18.5 Å². The molecule has 0 aliphatic carbocycles. The molecule has 0 bridgehead atoms. The fourth-order valence-corrected chi connectivity index (χ4v) is 2.36. The highest BCUT2D eigenvalue weighted by Crippen LogP contribution is 2.19. The Hall–Kier alpha value is -3.21. The smallest absolute Gasteiger partial charge is 0.333 e. The summed E-state index contributed by atoms with van der Waals surface area (Å²) >= 11 is 0. The normalized spacial score (nSPS) is 10.9.